The number of hydrogen-bond donors (Lipinski definition) is 4. The second-order valence-corrected chi connectivity index (χ2v) is 14.2. The number of rotatable bonds is 10. The minimum absolute atomic E-state index is 0.0155. The van der Waals surface area contributed by atoms with Crippen molar-refractivity contribution < 1.29 is 32.3 Å². The molecule has 4 N–H and O–H groups in total. The highest BCUT2D eigenvalue weighted by Crippen LogP contribution is 2.43. The highest BCUT2D eigenvalue weighted by molar-refractivity contribution is 7.89. The van der Waals surface area contributed by atoms with E-state index in [4.69, 9.17) is 10.2 Å². The standard InChI is InChI=1S/C26H34N6O8S2/c33-15-13-29-5-9-31(10-6-29)41(37,38)19-1-3-21-23(17-19)26(28-36)24-18-20(2-4-22(24)25(21)27-35)42(39,40)32-11-7-30(8-12-32)14-16-34/h1-4,17-18,27,33-35H,5-16H2. The summed E-state index contributed by atoms with van der Waals surface area (Å²) in [4.78, 5) is 16.0. The summed E-state index contributed by atoms with van der Waals surface area (Å²) in [6.45, 7) is 3.67. The van der Waals surface area contributed by atoms with Gasteiger partial charge in [-0.2, -0.15) is 8.61 Å². The van der Waals surface area contributed by atoms with Gasteiger partial charge in [0.1, 0.15) is 5.69 Å². The lowest BCUT2D eigenvalue weighted by Gasteiger charge is -2.33. The van der Waals surface area contributed by atoms with E-state index in [0.29, 0.717) is 50.0 Å². The van der Waals surface area contributed by atoms with Crippen LogP contribution in [-0.2, 0) is 20.0 Å². The first-order valence-electron chi connectivity index (χ1n) is 13.6. The fourth-order valence-electron chi connectivity index (χ4n) is 5.67. The Morgan fingerprint density at radius 1 is 0.667 bits per heavy atom. The van der Waals surface area contributed by atoms with Crippen molar-refractivity contribution in [1.29, 1.82) is 0 Å². The molecule has 0 radical (unpaired) electrons. The minimum atomic E-state index is -3.95. The Labute approximate surface area is 243 Å². The summed E-state index contributed by atoms with van der Waals surface area (Å²) in [7, 11) is -7.90. The summed E-state index contributed by atoms with van der Waals surface area (Å²) < 4.78 is 56.8. The van der Waals surface area contributed by atoms with Crippen LogP contribution < -0.4 is 5.48 Å². The van der Waals surface area contributed by atoms with Crippen LogP contribution in [-0.4, -0.2) is 129 Å². The molecule has 0 saturated carbocycles. The zero-order valence-electron chi connectivity index (χ0n) is 22.9. The number of hydrogen-bond acceptors (Lipinski definition) is 12. The predicted molar refractivity (Wildman–Crippen MR) is 157 cm³/mol. The molecule has 2 fully saturated rings. The van der Waals surface area contributed by atoms with Crippen molar-refractivity contribution in [1.82, 2.24) is 18.4 Å². The maximum atomic E-state index is 13.5. The number of aliphatic hydroxyl groups is 2. The van der Waals surface area contributed by atoms with Crippen LogP contribution in [0.25, 0.3) is 21.5 Å². The van der Waals surface area contributed by atoms with Crippen molar-refractivity contribution in [2.45, 2.75) is 9.79 Å². The zero-order chi connectivity index (χ0) is 30.1. The van der Waals surface area contributed by atoms with Crippen LogP contribution in [0, 0.1) is 4.91 Å². The highest BCUT2D eigenvalue weighted by Gasteiger charge is 2.31. The summed E-state index contributed by atoms with van der Waals surface area (Å²) in [5.41, 5.74) is 2.16. The average Bonchev–Trinajstić information content (AvgIpc) is 3.00. The molecule has 0 aromatic heterocycles. The Kier molecular flexibility index (Phi) is 9.08. The van der Waals surface area contributed by atoms with E-state index in [9.17, 15) is 26.9 Å². The third-order valence-corrected chi connectivity index (χ3v) is 11.8. The molecule has 14 nitrogen and oxygen atoms in total. The molecule has 3 aromatic carbocycles. The molecule has 0 unspecified atom stereocenters. The summed E-state index contributed by atoms with van der Waals surface area (Å²) >= 11 is 0. The van der Waals surface area contributed by atoms with Gasteiger partial charge < -0.3 is 10.2 Å². The second-order valence-electron chi connectivity index (χ2n) is 10.3. The van der Waals surface area contributed by atoms with E-state index in [0.717, 1.165) is 0 Å². The third kappa shape index (κ3) is 5.61. The van der Waals surface area contributed by atoms with Gasteiger partial charge in [-0.25, -0.2) is 16.8 Å². The molecule has 42 heavy (non-hydrogen) atoms. The van der Waals surface area contributed by atoms with E-state index >= 15 is 0 Å². The molecule has 2 heterocycles. The van der Waals surface area contributed by atoms with E-state index < -0.39 is 20.0 Å². The molecule has 0 aliphatic carbocycles. The van der Waals surface area contributed by atoms with Crippen LogP contribution >= 0.6 is 0 Å². The summed E-state index contributed by atoms with van der Waals surface area (Å²) in [6, 6.07) is 8.40. The maximum Gasteiger partial charge on any atom is 0.243 e. The van der Waals surface area contributed by atoms with Crippen LogP contribution in [0.5, 0.6) is 0 Å². The van der Waals surface area contributed by atoms with Crippen LogP contribution in [0.2, 0.25) is 0 Å². The van der Waals surface area contributed by atoms with Gasteiger partial charge in [0, 0.05) is 87.0 Å². The molecule has 2 aliphatic rings. The predicted octanol–water partition coefficient (Wildman–Crippen LogP) is 0.789. The number of anilines is 1. The van der Waals surface area contributed by atoms with E-state index in [1.165, 1.54) is 45.0 Å². The van der Waals surface area contributed by atoms with Gasteiger partial charge in [-0.3, -0.25) is 20.5 Å². The molecule has 5 rings (SSSR count). The van der Waals surface area contributed by atoms with Gasteiger partial charge in [0.2, 0.25) is 20.0 Å². The van der Waals surface area contributed by atoms with Gasteiger partial charge in [-0.1, -0.05) is 12.1 Å². The smallest absolute Gasteiger partial charge is 0.243 e. The molecular formula is C26H34N6O8S2. The molecule has 2 aliphatic heterocycles. The van der Waals surface area contributed by atoms with Gasteiger partial charge in [-0.15, -0.1) is 4.91 Å². The lowest BCUT2D eigenvalue weighted by molar-refractivity contribution is 0.151. The largest absolute Gasteiger partial charge is 0.395 e. The van der Waals surface area contributed by atoms with Crippen LogP contribution in [0.15, 0.2) is 51.4 Å². The Bertz CT molecular complexity index is 1570. The fourth-order valence-corrected chi connectivity index (χ4v) is 8.57. The van der Waals surface area contributed by atoms with Crippen LogP contribution in [0.3, 0.4) is 0 Å². The number of sulfonamides is 2. The molecule has 0 spiro atoms. The number of benzene rings is 3. The SMILES string of the molecule is O=Nc1c2cc(S(=O)(=O)N3CCN(CCO)CC3)ccc2c(NO)c2ccc(S(=O)(=O)N3CCN(CCO)CC3)cc12. The Balaban J connectivity index is 1.56. The Hall–Kier alpha value is -2.80. The van der Waals surface area contributed by atoms with Gasteiger partial charge in [0.15, 0.2) is 0 Å². The van der Waals surface area contributed by atoms with E-state index in [1.807, 2.05) is 9.80 Å². The van der Waals surface area contributed by atoms with E-state index in [2.05, 4.69) is 10.7 Å². The van der Waals surface area contributed by atoms with Crippen molar-refractivity contribution >= 4 is 53.0 Å². The second kappa shape index (κ2) is 12.4. The number of nitrogens with zero attached hydrogens (tertiary/aromatic N) is 5. The first kappa shape index (κ1) is 30.7. The first-order valence-corrected chi connectivity index (χ1v) is 16.5. The van der Waals surface area contributed by atoms with Crippen molar-refractivity contribution in [3.05, 3.63) is 41.3 Å². The molecule has 0 amide bonds. The number of aliphatic hydroxyl groups excluding tert-OH is 2. The van der Waals surface area contributed by atoms with Crippen molar-refractivity contribution in [3.8, 4) is 0 Å². The molecule has 0 bridgehead atoms. The van der Waals surface area contributed by atoms with Crippen molar-refractivity contribution in [2.24, 2.45) is 5.18 Å². The molecule has 0 atom stereocenters. The van der Waals surface area contributed by atoms with E-state index in [1.54, 1.807) is 0 Å². The van der Waals surface area contributed by atoms with E-state index in [-0.39, 0.29) is 71.3 Å². The van der Waals surface area contributed by atoms with Crippen molar-refractivity contribution in [2.75, 3.05) is 84.1 Å². The number of nitrogens with one attached hydrogen (secondary N) is 1. The lowest BCUT2D eigenvalue weighted by atomic mass is 9.99. The zero-order valence-corrected chi connectivity index (χ0v) is 24.5. The topological polar surface area (TPSA) is 183 Å². The summed E-state index contributed by atoms with van der Waals surface area (Å²) in [6.07, 6.45) is 0. The summed E-state index contributed by atoms with van der Waals surface area (Å²) in [5.74, 6) is 0. The van der Waals surface area contributed by atoms with Crippen LogP contribution in [0.4, 0.5) is 11.4 Å². The number of β-amino-alcohol motifs (C(OH)–C–C–N with tert-alkyl or cyclic N) is 2. The van der Waals surface area contributed by atoms with Crippen molar-refractivity contribution in [3.63, 3.8) is 0 Å². The lowest BCUT2D eigenvalue weighted by Crippen LogP contribution is -2.49. The number of piperazine rings is 2. The molecule has 16 heteroatoms. The minimum Gasteiger partial charge on any atom is -0.395 e. The third-order valence-electron chi connectivity index (χ3n) is 8.00. The quantitative estimate of drug-likeness (QED) is 0.142. The maximum absolute atomic E-state index is 13.5. The number of nitroso groups, excluding NO2 is 1. The fraction of sp³-hybridized carbons (Fsp3) is 0.462. The summed E-state index contributed by atoms with van der Waals surface area (Å²) in [5, 5.41) is 32.5. The molecule has 3 aromatic rings. The van der Waals surface area contributed by atoms with Gasteiger partial charge >= 0.3 is 0 Å². The molecular weight excluding hydrogens is 588 g/mol. The molecule has 228 valence electrons. The average molecular weight is 623 g/mol. The Morgan fingerprint density at radius 3 is 1.40 bits per heavy atom. The highest BCUT2D eigenvalue weighted by atomic mass is 32.2. The molecule has 2 saturated heterocycles. The monoisotopic (exact) mass is 622 g/mol. The van der Waals surface area contributed by atoms with Gasteiger partial charge in [0.25, 0.3) is 0 Å². The number of fused-ring (bicyclic) bond motifs is 2. The van der Waals surface area contributed by atoms with Gasteiger partial charge in [0.05, 0.1) is 28.7 Å². The Morgan fingerprint density at radius 2 is 1.07 bits per heavy atom. The normalized spacial score (nSPS) is 18.5. The van der Waals surface area contributed by atoms with Crippen LogP contribution in [0.1, 0.15) is 0 Å². The van der Waals surface area contributed by atoms with Gasteiger partial charge in [-0.05, 0) is 29.4 Å². The first-order chi connectivity index (χ1) is 20.1.